The van der Waals surface area contributed by atoms with Crippen molar-refractivity contribution < 1.29 is 4.39 Å². The molecule has 0 saturated heterocycles. The zero-order valence-corrected chi connectivity index (χ0v) is 17.0. The molecule has 0 amide bonds. The Balaban J connectivity index is 1.97. The molecule has 0 unspecified atom stereocenters. The second-order valence-electron chi connectivity index (χ2n) is 6.91. The Kier molecular flexibility index (Phi) is 7.07. The smallest absolute Gasteiger partial charge is 0.260 e. The maximum atomic E-state index is 13.7. The average Bonchev–Trinajstić information content (AvgIpc) is 2.75. The van der Waals surface area contributed by atoms with Gasteiger partial charge in [0.2, 0.25) is 5.78 Å². The van der Waals surface area contributed by atoms with E-state index in [-0.39, 0.29) is 17.0 Å². The molecule has 0 radical (unpaired) electrons. The van der Waals surface area contributed by atoms with Crippen LogP contribution < -0.4 is 22.2 Å². The Morgan fingerprint density at radius 3 is 2.68 bits per heavy atom. The lowest BCUT2D eigenvalue weighted by Gasteiger charge is -2.09. The number of hydrogen-bond acceptors (Lipinski definition) is 5. The lowest BCUT2D eigenvalue weighted by atomic mass is 10.1. The fourth-order valence-corrected chi connectivity index (χ4v) is 3.10. The van der Waals surface area contributed by atoms with Crippen LogP contribution in [0.5, 0.6) is 0 Å². The first-order valence-electron chi connectivity index (χ1n) is 9.79. The zero-order chi connectivity index (χ0) is 22.4. The maximum Gasteiger partial charge on any atom is 0.260 e. The molecule has 0 aliphatic carbocycles. The second-order valence-corrected chi connectivity index (χ2v) is 6.91. The van der Waals surface area contributed by atoms with Crippen molar-refractivity contribution in [3.05, 3.63) is 99.6 Å². The van der Waals surface area contributed by atoms with Crippen LogP contribution in [-0.2, 0) is 6.54 Å². The molecule has 3 rings (SSSR count). The molecule has 2 aromatic heterocycles. The van der Waals surface area contributed by atoms with E-state index in [0.717, 1.165) is 18.5 Å². The van der Waals surface area contributed by atoms with Crippen molar-refractivity contribution in [1.29, 1.82) is 0 Å². The van der Waals surface area contributed by atoms with Gasteiger partial charge >= 0.3 is 0 Å². The Hall–Kier alpha value is -3.62. The van der Waals surface area contributed by atoms with Crippen molar-refractivity contribution in [1.82, 2.24) is 19.7 Å². The first-order chi connectivity index (χ1) is 14.9. The molecule has 31 heavy (non-hydrogen) atoms. The molecular weight excluding hydrogens is 397 g/mol. The Morgan fingerprint density at radius 2 is 2.03 bits per heavy atom. The van der Waals surface area contributed by atoms with Gasteiger partial charge in [0, 0.05) is 24.4 Å². The van der Waals surface area contributed by atoms with Gasteiger partial charge in [0.1, 0.15) is 5.83 Å². The number of aromatic amines is 1. The van der Waals surface area contributed by atoms with Crippen LogP contribution in [0.25, 0.3) is 22.5 Å². The van der Waals surface area contributed by atoms with E-state index in [1.807, 2.05) is 24.3 Å². The number of rotatable bonds is 9. The summed E-state index contributed by atoms with van der Waals surface area (Å²) in [5.41, 5.74) is 6.74. The van der Waals surface area contributed by atoms with E-state index in [0.29, 0.717) is 24.2 Å². The van der Waals surface area contributed by atoms with Crippen LogP contribution in [0.3, 0.4) is 0 Å². The molecule has 0 saturated carbocycles. The number of nitrogens with zero attached hydrogens (tertiary/aromatic N) is 2. The zero-order valence-electron chi connectivity index (χ0n) is 17.0. The first kappa shape index (κ1) is 22.1. The Bertz CT molecular complexity index is 1260. The molecule has 0 spiro atoms. The van der Waals surface area contributed by atoms with Gasteiger partial charge in [0.25, 0.3) is 11.1 Å². The number of benzene rings is 1. The second kappa shape index (κ2) is 9.92. The number of hydrogen-bond donors (Lipinski definition) is 3. The third kappa shape index (κ3) is 5.11. The van der Waals surface area contributed by atoms with E-state index >= 15 is 0 Å². The van der Waals surface area contributed by atoms with Gasteiger partial charge in [-0.1, -0.05) is 49.6 Å². The number of allylic oxidation sites excluding steroid dienone is 4. The summed E-state index contributed by atoms with van der Waals surface area (Å²) in [6.07, 6.45) is 5.06. The fourth-order valence-electron chi connectivity index (χ4n) is 3.10. The van der Waals surface area contributed by atoms with Crippen LogP contribution in [0.4, 0.5) is 4.39 Å². The highest BCUT2D eigenvalue weighted by Gasteiger charge is 2.13. The van der Waals surface area contributed by atoms with Crippen LogP contribution >= 0.6 is 0 Å². The predicted octanol–water partition coefficient (Wildman–Crippen LogP) is 2.54. The summed E-state index contributed by atoms with van der Waals surface area (Å²) in [5, 5.41) is 3.29. The quantitative estimate of drug-likeness (QED) is 0.364. The highest BCUT2D eigenvalue weighted by atomic mass is 19.1. The summed E-state index contributed by atoms with van der Waals surface area (Å²) < 4.78 is 15.0. The minimum absolute atomic E-state index is 0.00758. The third-order valence-electron chi connectivity index (χ3n) is 4.68. The topological polar surface area (TPSA) is 105 Å². The van der Waals surface area contributed by atoms with E-state index in [1.165, 1.54) is 28.8 Å². The van der Waals surface area contributed by atoms with Crippen LogP contribution in [0, 0.1) is 0 Å². The molecule has 8 heteroatoms. The van der Waals surface area contributed by atoms with Crippen LogP contribution in [-0.4, -0.2) is 27.5 Å². The van der Waals surface area contributed by atoms with Crippen molar-refractivity contribution in [2.24, 2.45) is 5.73 Å². The standard InChI is InChI=1S/C23H24FN5O2/c1-3-5-18(15(2)24)20-12-21(30)29-14-19(22(31)28-23(29)27-20)17-8-6-16(7-9-17)13-26-11-4-10-25/h3,5-9,12,14,26H,1-2,4,10-11,13,25H2,(H,27,28,31)/b18-5+. The Labute approximate surface area is 178 Å². The lowest BCUT2D eigenvalue weighted by Crippen LogP contribution is -2.22. The van der Waals surface area contributed by atoms with Gasteiger partial charge in [0.15, 0.2) is 0 Å². The fraction of sp³-hybridized carbons (Fsp3) is 0.174. The number of nitrogens with two attached hydrogens (primary N) is 1. The Morgan fingerprint density at radius 1 is 1.29 bits per heavy atom. The minimum Gasteiger partial charge on any atom is -0.330 e. The van der Waals surface area contributed by atoms with Gasteiger partial charge in [-0.15, -0.1) is 0 Å². The average molecular weight is 421 g/mol. The monoisotopic (exact) mass is 421 g/mol. The molecule has 2 heterocycles. The maximum absolute atomic E-state index is 13.7. The van der Waals surface area contributed by atoms with E-state index in [1.54, 1.807) is 0 Å². The number of halogens is 1. The number of aromatic nitrogens is 3. The lowest BCUT2D eigenvalue weighted by molar-refractivity contribution is 0.655. The van der Waals surface area contributed by atoms with Gasteiger partial charge in [0.05, 0.1) is 11.3 Å². The molecular formula is C23H24FN5O2. The molecule has 7 nitrogen and oxygen atoms in total. The van der Waals surface area contributed by atoms with E-state index in [9.17, 15) is 14.0 Å². The molecule has 0 fully saturated rings. The van der Waals surface area contributed by atoms with Crippen LogP contribution in [0.1, 0.15) is 17.7 Å². The first-order valence-corrected chi connectivity index (χ1v) is 9.79. The van der Waals surface area contributed by atoms with Crippen LogP contribution in [0.15, 0.2) is 77.3 Å². The largest absolute Gasteiger partial charge is 0.330 e. The molecule has 4 N–H and O–H groups in total. The minimum atomic E-state index is -0.757. The van der Waals surface area contributed by atoms with Gasteiger partial charge in [-0.3, -0.25) is 19.0 Å². The van der Waals surface area contributed by atoms with Crippen LogP contribution in [0.2, 0.25) is 0 Å². The molecule has 3 aromatic rings. The van der Waals surface area contributed by atoms with E-state index < -0.39 is 16.9 Å². The summed E-state index contributed by atoms with van der Waals surface area (Å²) in [5.74, 6) is -0.749. The summed E-state index contributed by atoms with van der Waals surface area (Å²) in [7, 11) is 0. The van der Waals surface area contributed by atoms with Crippen molar-refractivity contribution in [3.63, 3.8) is 0 Å². The summed E-state index contributed by atoms with van der Waals surface area (Å²) in [4.78, 5) is 32.1. The number of H-pyrrole nitrogens is 1. The van der Waals surface area contributed by atoms with Crippen molar-refractivity contribution >= 4 is 11.4 Å². The number of nitrogens with one attached hydrogen (secondary N) is 2. The molecule has 0 aliphatic heterocycles. The highest BCUT2D eigenvalue weighted by Crippen LogP contribution is 2.21. The third-order valence-corrected chi connectivity index (χ3v) is 4.68. The summed E-state index contributed by atoms with van der Waals surface area (Å²) in [6.45, 7) is 8.94. The van der Waals surface area contributed by atoms with Crippen molar-refractivity contribution in [2.45, 2.75) is 13.0 Å². The van der Waals surface area contributed by atoms with Crippen molar-refractivity contribution in [3.8, 4) is 11.1 Å². The van der Waals surface area contributed by atoms with Crippen molar-refractivity contribution in [2.75, 3.05) is 13.1 Å². The van der Waals surface area contributed by atoms with Gasteiger partial charge in [-0.05, 0) is 30.6 Å². The summed E-state index contributed by atoms with van der Waals surface area (Å²) >= 11 is 0. The van der Waals surface area contributed by atoms with E-state index in [2.05, 4.69) is 28.4 Å². The molecule has 0 atom stereocenters. The van der Waals surface area contributed by atoms with E-state index in [4.69, 9.17) is 5.73 Å². The molecule has 0 bridgehead atoms. The summed E-state index contributed by atoms with van der Waals surface area (Å²) in [6, 6.07) is 8.66. The predicted molar refractivity (Wildman–Crippen MR) is 121 cm³/mol. The molecule has 0 aliphatic rings. The van der Waals surface area contributed by atoms with Gasteiger partial charge < -0.3 is 11.1 Å². The SMILES string of the molecule is C=C/C=C(\C(=C)F)c1cc(=O)n2cc(-c3ccc(CNCCCN)cc3)c(=O)[nH]c2n1. The number of fused-ring (bicyclic) bond motifs is 1. The molecule has 1 aromatic carbocycles. The molecule has 160 valence electrons. The van der Waals surface area contributed by atoms with Gasteiger partial charge in [-0.25, -0.2) is 9.37 Å². The van der Waals surface area contributed by atoms with Gasteiger partial charge in [-0.2, -0.15) is 0 Å². The highest BCUT2D eigenvalue weighted by molar-refractivity contribution is 5.76. The normalized spacial score (nSPS) is 11.6.